The van der Waals surface area contributed by atoms with E-state index in [1.165, 1.54) is 19.3 Å². The molecule has 1 aromatic heterocycles. The van der Waals surface area contributed by atoms with Gasteiger partial charge in [-0.25, -0.2) is 0 Å². The molecule has 0 spiro atoms. The van der Waals surface area contributed by atoms with E-state index >= 15 is 0 Å². The quantitative estimate of drug-likeness (QED) is 0.357. The van der Waals surface area contributed by atoms with Gasteiger partial charge in [0.05, 0.1) is 12.1 Å². The summed E-state index contributed by atoms with van der Waals surface area (Å²) in [6.07, 6.45) is 9.83. The zero-order chi connectivity index (χ0) is 21.2. The number of aliphatic imine (C=N–C) groups is 1. The minimum atomic E-state index is -0.149. The van der Waals surface area contributed by atoms with Crippen LogP contribution < -0.4 is 16.0 Å². The van der Waals surface area contributed by atoms with E-state index in [0.29, 0.717) is 24.6 Å². The molecular formula is C22H34N6O2. The number of amides is 2. The number of carbonyl (C=O) groups is 2. The minimum absolute atomic E-state index is 0.149. The van der Waals surface area contributed by atoms with E-state index in [2.05, 4.69) is 25.9 Å². The number of guanidine groups is 1. The third-order valence-corrected chi connectivity index (χ3v) is 5.73. The second-order valence-electron chi connectivity index (χ2n) is 8.01. The highest BCUT2D eigenvalue weighted by Gasteiger charge is 2.31. The van der Waals surface area contributed by atoms with Gasteiger partial charge in [0, 0.05) is 50.5 Å². The summed E-state index contributed by atoms with van der Waals surface area (Å²) in [5.41, 5.74) is 0.542. The Bertz CT molecular complexity index is 718. The molecular weight excluding hydrogens is 380 g/mol. The fourth-order valence-electron chi connectivity index (χ4n) is 4.14. The maximum Gasteiger partial charge on any atom is 0.252 e. The Morgan fingerprint density at radius 2 is 2.03 bits per heavy atom. The van der Waals surface area contributed by atoms with E-state index in [9.17, 15) is 9.59 Å². The molecule has 164 valence electrons. The molecule has 1 unspecified atom stereocenters. The topological polar surface area (TPSA) is 98.7 Å². The second kappa shape index (κ2) is 11.5. The van der Waals surface area contributed by atoms with Crippen LogP contribution >= 0.6 is 0 Å². The van der Waals surface area contributed by atoms with Gasteiger partial charge in [-0.15, -0.1) is 0 Å². The van der Waals surface area contributed by atoms with Crippen LogP contribution in [0.3, 0.4) is 0 Å². The van der Waals surface area contributed by atoms with Crippen LogP contribution in [0.2, 0.25) is 0 Å². The molecule has 1 atom stereocenters. The average Bonchev–Trinajstić information content (AvgIpc) is 3.25. The molecule has 2 fully saturated rings. The number of carbonyl (C=O) groups excluding carboxylic acids is 2. The zero-order valence-electron chi connectivity index (χ0n) is 17.9. The van der Waals surface area contributed by atoms with Crippen LogP contribution in [0.15, 0.2) is 29.5 Å². The number of rotatable bonds is 7. The van der Waals surface area contributed by atoms with Crippen LogP contribution in [0.25, 0.3) is 0 Å². The first kappa shape index (κ1) is 22.1. The Labute approximate surface area is 178 Å². The summed E-state index contributed by atoms with van der Waals surface area (Å²) in [6.45, 7) is 5.24. The predicted octanol–water partition coefficient (Wildman–Crippen LogP) is 1.55. The lowest BCUT2D eigenvalue weighted by molar-refractivity contribution is -0.135. The lowest BCUT2D eigenvalue weighted by atomic mass is 9.88. The summed E-state index contributed by atoms with van der Waals surface area (Å²) in [5, 5.41) is 9.55. The Morgan fingerprint density at radius 1 is 1.20 bits per heavy atom. The van der Waals surface area contributed by atoms with Crippen molar-refractivity contribution in [3.8, 4) is 0 Å². The molecule has 0 radical (unpaired) electrons. The lowest BCUT2D eigenvalue weighted by Crippen LogP contribution is -2.46. The fourth-order valence-corrected chi connectivity index (χ4v) is 4.14. The molecule has 0 bridgehead atoms. The minimum Gasteiger partial charge on any atom is -0.357 e. The van der Waals surface area contributed by atoms with E-state index in [1.807, 2.05) is 11.8 Å². The largest absolute Gasteiger partial charge is 0.357 e. The molecule has 2 heterocycles. The molecule has 1 aliphatic carbocycles. The summed E-state index contributed by atoms with van der Waals surface area (Å²) in [6, 6.07) is 3.68. The summed E-state index contributed by atoms with van der Waals surface area (Å²) in [5.74, 6) is 1.14. The predicted molar refractivity (Wildman–Crippen MR) is 117 cm³/mol. The van der Waals surface area contributed by atoms with Gasteiger partial charge in [-0.2, -0.15) is 0 Å². The van der Waals surface area contributed by atoms with Crippen molar-refractivity contribution in [3.05, 3.63) is 30.1 Å². The molecule has 2 aliphatic rings. The highest BCUT2D eigenvalue weighted by Crippen LogP contribution is 2.26. The summed E-state index contributed by atoms with van der Waals surface area (Å²) >= 11 is 0. The van der Waals surface area contributed by atoms with Gasteiger partial charge < -0.3 is 20.9 Å². The number of hydrogen-bond acceptors (Lipinski definition) is 4. The third kappa shape index (κ3) is 6.43. The first-order valence-corrected chi connectivity index (χ1v) is 11.2. The van der Waals surface area contributed by atoms with Gasteiger partial charge in [-0.3, -0.25) is 19.6 Å². The summed E-state index contributed by atoms with van der Waals surface area (Å²) < 4.78 is 0. The van der Waals surface area contributed by atoms with Crippen molar-refractivity contribution in [2.24, 2.45) is 10.9 Å². The van der Waals surface area contributed by atoms with Gasteiger partial charge in [0.15, 0.2) is 5.96 Å². The highest BCUT2D eigenvalue weighted by atomic mass is 16.2. The van der Waals surface area contributed by atoms with E-state index in [1.54, 1.807) is 24.5 Å². The summed E-state index contributed by atoms with van der Waals surface area (Å²) in [7, 11) is 0. The van der Waals surface area contributed by atoms with Crippen molar-refractivity contribution in [2.75, 3.05) is 32.7 Å². The molecule has 3 N–H and O–H groups in total. The van der Waals surface area contributed by atoms with E-state index < -0.39 is 0 Å². The van der Waals surface area contributed by atoms with Crippen molar-refractivity contribution in [2.45, 2.75) is 51.5 Å². The van der Waals surface area contributed by atoms with Crippen molar-refractivity contribution < 1.29 is 9.59 Å². The number of aromatic nitrogens is 1. The average molecular weight is 415 g/mol. The molecule has 1 aliphatic heterocycles. The molecule has 1 saturated carbocycles. The maximum absolute atomic E-state index is 12.8. The van der Waals surface area contributed by atoms with Gasteiger partial charge >= 0.3 is 0 Å². The monoisotopic (exact) mass is 414 g/mol. The van der Waals surface area contributed by atoms with Crippen molar-refractivity contribution in [1.29, 1.82) is 0 Å². The zero-order valence-corrected chi connectivity index (χ0v) is 17.9. The van der Waals surface area contributed by atoms with Crippen LogP contribution in [0.1, 0.15) is 55.8 Å². The van der Waals surface area contributed by atoms with Crippen molar-refractivity contribution in [3.63, 3.8) is 0 Å². The molecule has 8 nitrogen and oxygen atoms in total. The van der Waals surface area contributed by atoms with Crippen LogP contribution in [0, 0.1) is 5.92 Å². The van der Waals surface area contributed by atoms with E-state index in [-0.39, 0.29) is 17.9 Å². The Morgan fingerprint density at radius 3 is 2.77 bits per heavy atom. The molecule has 0 aromatic carbocycles. The first-order valence-electron chi connectivity index (χ1n) is 11.2. The van der Waals surface area contributed by atoms with Crippen molar-refractivity contribution >= 4 is 17.8 Å². The van der Waals surface area contributed by atoms with Crippen LogP contribution in [0.5, 0.6) is 0 Å². The number of pyridine rings is 1. The SMILES string of the molecule is CCNC(=NCCNC(=O)c1cccnc1)NC1CCN(C(=O)C2CCCCC2)C1. The van der Waals surface area contributed by atoms with Crippen LogP contribution in [-0.2, 0) is 4.79 Å². The van der Waals surface area contributed by atoms with Crippen LogP contribution in [0.4, 0.5) is 0 Å². The van der Waals surface area contributed by atoms with Gasteiger partial charge in [-0.1, -0.05) is 19.3 Å². The first-order chi connectivity index (χ1) is 14.7. The fraction of sp³-hybridized carbons (Fsp3) is 0.636. The molecule has 30 heavy (non-hydrogen) atoms. The smallest absolute Gasteiger partial charge is 0.252 e. The number of nitrogens with one attached hydrogen (secondary N) is 3. The second-order valence-corrected chi connectivity index (χ2v) is 8.01. The molecule has 1 saturated heterocycles. The highest BCUT2D eigenvalue weighted by molar-refractivity contribution is 5.93. The summed E-state index contributed by atoms with van der Waals surface area (Å²) in [4.78, 5) is 35.4. The van der Waals surface area contributed by atoms with Crippen molar-refractivity contribution in [1.82, 2.24) is 25.8 Å². The van der Waals surface area contributed by atoms with Crippen LogP contribution in [-0.4, -0.2) is 66.4 Å². The Hall–Kier alpha value is -2.64. The third-order valence-electron chi connectivity index (χ3n) is 5.73. The lowest BCUT2D eigenvalue weighted by Gasteiger charge is -2.26. The molecule has 3 rings (SSSR count). The van der Waals surface area contributed by atoms with Gasteiger partial charge in [0.25, 0.3) is 5.91 Å². The van der Waals surface area contributed by atoms with E-state index in [0.717, 1.165) is 44.9 Å². The van der Waals surface area contributed by atoms with Gasteiger partial charge in [0.1, 0.15) is 0 Å². The maximum atomic E-state index is 12.8. The standard InChI is InChI=1S/C22H34N6O2/c1-2-24-22(26-13-12-25-20(29)18-9-6-11-23-15-18)27-19-10-14-28(16-19)21(30)17-7-4-3-5-8-17/h6,9,11,15,17,19H,2-5,7-8,10,12-14,16H2,1H3,(H,25,29)(H2,24,26,27). The normalized spacial score (nSPS) is 20.1. The molecule has 1 aromatic rings. The Balaban J connectivity index is 1.43. The Kier molecular flexibility index (Phi) is 8.47. The van der Waals surface area contributed by atoms with Gasteiger partial charge in [-0.05, 0) is 38.3 Å². The molecule has 2 amide bonds. The number of nitrogens with zero attached hydrogens (tertiary/aromatic N) is 3. The van der Waals surface area contributed by atoms with E-state index in [4.69, 9.17) is 0 Å². The van der Waals surface area contributed by atoms with Gasteiger partial charge in [0.2, 0.25) is 5.91 Å². The number of hydrogen-bond donors (Lipinski definition) is 3. The number of likely N-dealkylation sites (tertiary alicyclic amines) is 1. The molecule has 8 heteroatoms.